The fourth-order valence-electron chi connectivity index (χ4n) is 0.794. The van der Waals surface area contributed by atoms with Crippen LogP contribution in [0.15, 0.2) is 35.7 Å². The summed E-state index contributed by atoms with van der Waals surface area (Å²) in [6, 6.07) is 6.19. The lowest BCUT2D eigenvalue weighted by Gasteiger charge is -1.97. The highest BCUT2D eigenvalue weighted by Crippen LogP contribution is 2.08. The van der Waals surface area contributed by atoms with Crippen LogP contribution < -0.4 is 5.14 Å². The van der Waals surface area contributed by atoms with Crippen LogP contribution in [0.25, 0.3) is 6.08 Å². The fraction of sp³-hybridized carbons (Fsp3) is 0.200. The van der Waals surface area contributed by atoms with Crippen molar-refractivity contribution < 1.29 is 8.42 Å². The smallest absolute Gasteiger partial charge is 0.225 e. The Balaban J connectivity index is 0.000000791. The molecule has 0 saturated heterocycles. The molecule has 0 aliphatic heterocycles. The Morgan fingerprint density at radius 2 is 1.64 bits per heavy atom. The highest BCUT2D eigenvalue weighted by atomic mass is 32.2. The van der Waals surface area contributed by atoms with Gasteiger partial charge in [0.1, 0.15) is 0 Å². The van der Waals surface area contributed by atoms with Gasteiger partial charge in [-0.05, 0) is 17.7 Å². The van der Waals surface area contributed by atoms with Gasteiger partial charge >= 0.3 is 0 Å². The first-order valence-corrected chi connectivity index (χ1v) is 5.84. The van der Waals surface area contributed by atoms with Crippen molar-refractivity contribution in [2.45, 2.75) is 18.7 Å². The van der Waals surface area contributed by atoms with Crippen molar-refractivity contribution in [1.29, 1.82) is 0 Å². The fourth-order valence-corrected chi connectivity index (χ4v) is 1.31. The molecule has 4 heteroatoms. The minimum atomic E-state index is -3.56. The Morgan fingerprint density at radius 1 is 1.21 bits per heavy atom. The zero-order valence-corrected chi connectivity index (χ0v) is 9.21. The number of hydrogen-bond acceptors (Lipinski definition) is 2. The quantitative estimate of drug-likeness (QED) is 0.816. The molecule has 0 radical (unpaired) electrons. The lowest BCUT2D eigenvalue weighted by atomic mass is 10.2. The average Bonchev–Trinajstić information content (AvgIpc) is 2.20. The molecule has 0 unspecified atom stereocenters. The number of sulfonamides is 1. The van der Waals surface area contributed by atoms with Crippen molar-refractivity contribution in [3.8, 4) is 0 Å². The first-order chi connectivity index (χ1) is 6.54. The van der Waals surface area contributed by atoms with E-state index < -0.39 is 10.0 Å². The summed E-state index contributed by atoms with van der Waals surface area (Å²) in [6.07, 6.45) is 1.63. The predicted octanol–water partition coefficient (Wildman–Crippen LogP) is 2.00. The Morgan fingerprint density at radius 3 is 1.93 bits per heavy atom. The van der Waals surface area contributed by atoms with Crippen LogP contribution in [0.3, 0.4) is 0 Å². The van der Waals surface area contributed by atoms with Crippen molar-refractivity contribution >= 4 is 16.1 Å². The van der Waals surface area contributed by atoms with Crippen molar-refractivity contribution in [2.75, 3.05) is 0 Å². The van der Waals surface area contributed by atoms with Crippen LogP contribution in [0.1, 0.15) is 19.4 Å². The summed E-state index contributed by atoms with van der Waals surface area (Å²) in [5, 5.41) is 4.89. The number of nitrogens with two attached hydrogens (primary N) is 1. The van der Waals surface area contributed by atoms with Crippen molar-refractivity contribution in [2.24, 2.45) is 5.14 Å². The van der Waals surface area contributed by atoms with E-state index in [-0.39, 0.29) is 4.90 Å². The maximum absolute atomic E-state index is 10.8. The van der Waals surface area contributed by atoms with Crippen LogP contribution >= 0.6 is 0 Å². The zero-order chi connectivity index (χ0) is 11.2. The summed E-state index contributed by atoms with van der Waals surface area (Å²) in [7, 11) is -3.56. The summed E-state index contributed by atoms with van der Waals surface area (Å²) in [5.74, 6) is 0. The molecule has 1 aromatic rings. The molecule has 2 N–H and O–H groups in total. The molecule has 0 spiro atoms. The SMILES string of the molecule is C=Cc1ccc(S(N)(=O)=O)cc1.CC. The van der Waals surface area contributed by atoms with Crippen molar-refractivity contribution in [3.63, 3.8) is 0 Å². The zero-order valence-electron chi connectivity index (χ0n) is 8.40. The molecule has 1 aromatic carbocycles. The largest absolute Gasteiger partial charge is 0.238 e. The van der Waals surface area contributed by atoms with Gasteiger partial charge in [0.05, 0.1) is 4.90 Å². The van der Waals surface area contributed by atoms with Gasteiger partial charge in [0, 0.05) is 0 Å². The Kier molecular flexibility index (Phi) is 5.12. The number of rotatable bonds is 2. The second-order valence-electron chi connectivity index (χ2n) is 2.32. The van der Waals surface area contributed by atoms with E-state index in [2.05, 4.69) is 6.58 Å². The molecule has 0 aliphatic rings. The first kappa shape index (κ1) is 12.9. The molecule has 0 aliphatic carbocycles. The predicted molar refractivity (Wildman–Crippen MR) is 59.3 cm³/mol. The third kappa shape index (κ3) is 3.72. The van der Waals surface area contributed by atoms with Gasteiger partial charge in [0.2, 0.25) is 10.0 Å². The third-order valence-corrected chi connectivity index (χ3v) is 2.37. The summed E-state index contributed by atoms with van der Waals surface area (Å²) in [6.45, 7) is 7.54. The third-order valence-electron chi connectivity index (χ3n) is 1.44. The number of benzene rings is 1. The molecule has 0 amide bonds. The standard InChI is InChI=1S/C8H9NO2S.C2H6/c1-2-7-3-5-8(6-4-7)12(9,10)11;1-2/h2-6H,1H2,(H2,9,10,11);1-2H3. The molecule has 78 valence electrons. The number of primary sulfonamides is 1. The summed E-state index contributed by atoms with van der Waals surface area (Å²) >= 11 is 0. The second-order valence-corrected chi connectivity index (χ2v) is 3.88. The summed E-state index contributed by atoms with van der Waals surface area (Å²) in [5.41, 5.74) is 0.863. The Bertz CT molecular complexity index is 379. The van der Waals surface area contributed by atoms with Gasteiger partial charge in [-0.25, -0.2) is 13.6 Å². The topological polar surface area (TPSA) is 60.2 Å². The van der Waals surface area contributed by atoms with Gasteiger partial charge in [-0.15, -0.1) is 0 Å². The molecule has 3 nitrogen and oxygen atoms in total. The van der Waals surface area contributed by atoms with E-state index in [0.29, 0.717) is 0 Å². The first-order valence-electron chi connectivity index (χ1n) is 4.29. The molecule has 14 heavy (non-hydrogen) atoms. The molecule has 0 atom stereocenters. The van der Waals surface area contributed by atoms with E-state index in [1.165, 1.54) is 12.1 Å². The highest BCUT2D eigenvalue weighted by Gasteiger charge is 2.05. The molecular formula is C10H15NO2S. The molecule has 0 fully saturated rings. The van der Waals surface area contributed by atoms with Crippen molar-refractivity contribution in [1.82, 2.24) is 0 Å². The Hall–Kier alpha value is -1.13. The van der Waals surface area contributed by atoms with E-state index in [1.54, 1.807) is 18.2 Å². The van der Waals surface area contributed by atoms with Gasteiger partial charge in [-0.2, -0.15) is 0 Å². The highest BCUT2D eigenvalue weighted by molar-refractivity contribution is 7.89. The van der Waals surface area contributed by atoms with Gasteiger partial charge in [0.25, 0.3) is 0 Å². The van der Waals surface area contributed by atoms with E-state index in [9.17, 15) is 8.42 Å². The van der Waals surface area contributed by atoms with Gasteiger partial charge in [-0.1, -0.05) is 38.6 Å². The minimum absolute atomic E-state index is 0.119. The van der Waals surface area contributed by atoms with Crippen LogP contribution in [0.2, 0.25) is 0 Å². The van der Waals surface area contributed by atoms with Crippen LogP contribution in [0.4, 0.5) is 0 Å². The average molecular weight is 213 g/mol. The number of hydrogen-bond donors (Lipinski definition) is 1. The minimum Gasteiger partial charge on any atom is -0.225 e. The monoisotopic (exact) mass is 213 g/mol. The molecule has 0 bridgehead atoms. The molecular weight excluding hydrogens is 198 g/mol. The lowest BCUT2D eigenvalue weighted by molar-refractivity contribution is 0.598. The second kappa shape index (κ2) is 5.57. The normalized spacial score (nSPS) is 9.93. The maximum Gasteiger partial charge on any atom is 0.238 e. The van der Waals surface area contributed by atoms with Crippen LogP contribution in [0.5, 0.6) is 0 Å². The van der Waals surface area contributed by atoms with E-state index >= 15 is 0 Å². The van der Waals surface area contributed by atoms with E-state index in [0.717, 1.165) is 5.56 Å². The van der Waals surface area contributed by atoms with E-state index in [1.807, 2.05) is 13.8 Å². The van der Waals surface area contributed by atoms with Gasteiger partial charge < -0.3 is 0 Å². The lowest BCUT2D eigenvalue weighted by Crippen LogP contribution is -2.11. The molecule has 1 rings (SSSR count). The molecule has 0 aromatic heterocycles. The molecule has 0 heterocycles. The van der Waals surface area contributed by atoms with Gasteiger partial charge in [-0.3, -0.25) is 0 Å². The van der Waals surface area contributed by atoms with Crippen LogP contribution in [0, 0.1) is 0 Å². The summed E-state index contributed by atoms with van der Waals surface area (Å²) in [4.78, 5) is 0.119. The van der Waals surface area contributed by atoms with Crippen LogP contribution in [-0.4, -0.2) is 8.42 Å². The van der Waals surface area contributed by atoms with Gasteiger partial charge in [0.15, 0.2) is 0 Å². The van der Waals surface area contributed by atoms with E-state index in [4.69, 9.17) is 5.14 Å². The van der Waals surface area contributed by atoms with Crippen LogP contribution in [-0.2, 0) is 10.0 Å². The molecule has 0 saturated carbocycles. The Labute approximate surface area is 85.3 Å². The van der Waals surface area contributed by atoms with Crippen molar-refractivity contribution in [3.05, 3.63) is 36.4 Å². The maximum atomic E-state index is 10.8. The summed E-state index contributed by atoms with van der Waals surface area (Å²) < 4.78 is 21.6.